The summed E-state index contributed by atoms with van der Waals surface area (Å²) in [7, 11) is 3.23. The molecule has 0 spiro atoms. The zero-order valence-electron chi connectivity index (χ0n) is 18.5. The van der Waals surface area contributed by atoms with E-state index in [1.807, 2.05) is 93.6 Å². The van der Waals surface area contributed by atoms with E-state index in [0.717, 1.165) is 16.7 Å². The highest BCUT2D eigenvalue weighted by Crippen LogP contribution is 2.47. The summed E-state index contributed by atoms with van der Waals surface area (Å²) < 4.78 is 24.4. The van der Waals surface area contributed by atoms with Crippen molar-refractivity contribution in [1.29, 1.82) is 0 Å². The van der Waals surface area contributed by atoms with Gasteiger partial charge >= 0.3 is 5.79 Å². The number of ether oxygens (including phenoxy) is 4. The van der Waals surface area contributed by atoms with Gasteiger partial charge in [-0.3, -0.25) is 0 Å². The van der Waals surface area contributed by atoms with E-state index in [1.54, 1.807) is 14.2 Å². The molecule has 0 radical (unpaired) electrons. The summed E-state index contributed by atoms with van der Waals surface area (Å²) in [5.41, 5.74) is 2.13. The smallest absolute Gasteiger partial charge is 0.307 e. The Bertz CT molecular complexity index is 1090. The molecule has 0 aliphatic carbocycles. The van der Waals surface area contributed by atoms with Crippen LogP contribution in [0.4, 0.5) is 0 Å². The van der Waals surface area contributed by atoms with Crippen molar-refractivity contribution in [3.05, 3.63) is 89.5 Å². The molecule has 31 heavy (non-hydrogen) atoms. The van der Waals surface area contributed by atoms with Crippen LogP contribution in [-0.4, -0.2) is 25.7 Å². The Morgan fingerprint density at radius 1 is 0.806 bits per heavy atom. The van der Waals surface area contributed by atoms with Gasteiger partial charge in [-0.15, -0.1) is 0 Å². The molecule has 0 saturated carbocycles. The first-order valence-electron chi connectivity index (χ1n) is 10.2. The van der Waals surface area contributed by atoms with Gasteiger partial charge in [0.15, 0.2) is 11.5 Å². The second-order valence-corrected chi connectivity index (χ2v) is 8.34. The van der Waals surface area contributed by atoms with Gasteiger partial charge in [-0.25, -0.2) is 4.99 Å². The van der Waals surface area contributed by atoms with Crippen LogP contribution in [0.15, 0.2) is 77.8 Å². The molecule has 0 amide bonds. The topological polar surface area (TPSA) is 49.3 Å². The predicted molar refractivity (Wildman–Crippen MR) is 121 cm³/mol. The van der Waals surface area contributed by atoms with Crippen LogP contribution in [0.3, 0.4) is 0 Å². The Morgan fingerprint density at radius 3 is 1.97 bits per heavy atom. The molecular formula is C26H27NO4. The first-order valence-corrected chi connectivity index (χ1v) is 10.2. The van der Waals surface area contributed by atoms with Gasteiger partial charge in [0.05, 0.1) is 30.9 Å². The minimum atomic E-state index is -1.22. The van der Waals surface area contributed by atoms with E-state index in [9.17, 15) is 0 Å². The largest absolute Gasteiger partial charge is 0.493 e. The summed E-state index contributed by atoms with van der Waals surface area (Å²) in [5.74, 6) is 1.17. The number of fused-ring (bicyclic) bond motifs is 1. The second kappa shape index (κ2) is 7.99. The van der Waals surface area contributed by atoms with Gasteiger partial charge in [0, 0.05) is 5.56 Å². The molecule has 5 nitrogen and oxygen atoms in total. The van der Waals surface area contributed by atoms with E-state index in [4.69, 9.17) is 23.9 Å². The highest BCUT2D eigenvalue weighted by molar-refractivity contribution is 6.00. The van der Waals surface area contributed by atoms with E-state index in [1.165, 1.54) is 0 Å². The number of nitrogens with zero attached hydrogens (tertiary/aromatic N) is 1. The van der Waals surface area contributed by atoms with Gasteiger partial charge in [-0.1, -0.05) is 48.5 Å². The molecular weight excluding hydrogens is 390 g/mol. The number of hydrogen-bond donors (Lipinski definition) is 0. The molecule has 1 aliphatic heterocycles. The highest BCUT2D eigenvalue weighted by Gasteiger charge is 2.50. The first kappa shape index (κ1) is 20.8. The quantitative estimate of drug-likeness (QED) is 0.545. The minimum absolute atomic E-state index is 0.348. The average molecular weight is 418 g/mol. The Labute approximate surface area is 183 Å². The lowest BCUT2D eigenvalue weighted by Crippen LogP contribution is -2.35. The zero-order valence-corrected chi connectivity index (χ0v) is 18.5. The number of rotatable bonds is 5. The lowest BCUT2D eigenvalue weighted by atomic mass is 9.94. The van der Waals surface area contributed by atoms with Gasteiger partial charge in [0.2, 0.25) is 5.90 Å². The Kier molecular flexibility index (Phi) is 5.36. The molecule has 4 rings (SSSR count). The number of methoxy groups -OCH3 is 2. The molecule has 1 atom stereocenters. The molecule has 3 aromatic carbocycles. The fraction of sp³-hybridized carbons (Fsp3) is 0.269. The van der Waals surface area contributed by atoms with Crippen molar-refractivity contribution in [3.8, 4) is 17.2 Å². The molecule has 1 heterocycles. The Balaban J connectivity index is 2.01. The first-order chi connectivity index (χ1) is 14.9. The maximum Gasteiger partial charge on any atom is 0.307 e. The SMILES string of the molecule is COc1cc2c(cc1OC)C(Oc1ccccc1)(c1ccccc1)OC2=NC(C)(C)C. The van der Waals surface area contributed by atoms with Crippen LogP contribution in [-0.2, 0) is 10.5 Å². The predicted octanol–water partition coefficient (Wildman–Crippen LogP) is 5.56. The van der Waals surface area contributed by atoms with Gasteiger partial charge in [-0.2, -0.15) is 0 Å². The highest BCUT2D eigenvalue weighted by atomic mass is 16.7. The van der Waals surface area contributed by atoms with Gasteiger partial charge in [0.25, 0.3) is 0 Å². The zero-order chi connectivity index (χ0) is 22.1. The second-order valence-electron chi connectivity index (χ2n) is 8.34. The van der Waals surface area contributed by atoms with Crippen molar-refractivity contribution >= 4 is 5.90 Å². The van der Waals surface area contributed by atoms with Crippen LogP contribution >= 0.6 is 0 Å². The molecule has 0 bridgehead atoms. The third-order valence-electron chi connectivity index (χ3n) is 4.94. The van der Waals surface area contributed by atoms with E-state index >= 15 is 0 Å². The summed E-state index contributed by atoms with van der Waals surface area (Å²) in [6.45, 7) is 6.10. The van der Waals surface area contributed by atoms with Crippen LogP contribution in [0.25, 0.3) is 0 Å². The van der Waals surface area contributed by atoms with Crippen molar-refractivity contribution in [3.63, 3.8) is 0 Å². The fourth-order valence-corrected chi connectivity index (χ4v) is 3.62. The van der Waals surface area contributed by atoms with E-state index < -0.39 is 5.79 Å². The number of hydrogen-bond acceptors (Lipinski definition) is 5. The molecule has 0 N–H and O–H groups in total. The number of benzene rings is 3. The maximum atomic E-state index is 6.60. The van der Waals surface area contributed by atoms with Crippen molar-refractivity contribution in [2.45, 2.75) is 32.1 Å². The van der Waals surface area contributed by atoms with Crippen molar-refractivity contribution in [2.24, 2.45) is 4.99 Å². The summed E-state index contributed by atoms with van der Waals surface area (Å²) in [6, 6.07) is 23.3. The Hall–Kier alpha value is -3.47. The third-order valence-corrected chi connectivity index (χ3v) is 4.94. The van der Waals surface area contributed by atoms with Crippen LogP contribution in [0, 0.1) is 0 Å². The normalized spacial score (nSPS) is 18.9. The van der Waals surface area contributed by atoms with E-state index in [2.05, 4.69) is 0 Å². The van der Waals surface area contributed by atoms with Crippen molar-refractivity contribution in [2.75, 3.05) is 14.2 Å². The minimum Gasteiger partial charge on any atom is -0.493 e. The van der Waals surface area contributed by atoms with Crippen LogP contribution < -0.4 is 14.2 Å². The monoisotopic (exact) mass is 417 g/mol. The molecule has 0 aromatic heterocycles. The van der Waals surface area contributed by atoms with Crippen LogP contribution in [0.1, 0.15) is 37.5 Å². The molecule has 1 aliphatic rings. The number of aliphatic imine (C=N–C) groups is 1. The lowest BCUT2D eigenvalue weighted by Gasteiger charge is -2.31. The maximum absolute atomic E-state index is 6.60. The van der Waals surface area contributed by atoms with E-state index in [-0.39, 0.29) is 5.54 Å². The van der Waals surface area contributed by atoms with Crippen molar-refractivity contribution < 1.29 is 18.9 Å². The van der Waals surface area contributed by atoms with Crippen LogP contribution in [0.2, 0.25) is 0 Å². The molecule has 1 unspecified atom stereocenters. The summed E-state index contributed by atoms with van der Waals surface area (Å²) in [4.78, 5) is 4.86. The molecule has 3 aromatic rings. The molecule has 0 fully saturated rings. The molecule has 5 heteroatoms. The van der Waals surface area contributed by atoms with E-state index in [0.29, 0.717) is 23.1 Å². The third kappa shape index (κ3) is 3.96. The van der Waals surface area contributed by atoms with Gasteiger partial charge < -0.3 is 18.9 Å². The fourth-order valence-electron chi connectivity index (χ4n) is 3.62. The van der Waals surface area contributed by atoms with Gasteiger partial charge in [0.1, 0.15) is 5.75 Å². The summed E-state index contributed by atoms with van der Waals surface area (Å²) >= 11 is 0. The van der Waals surface area contributed by atoms with Crippen molar-refractivity contribution in [1.82, 2.24) is 0 Å². The molecule has 0 saturated heterocycles. The standard InChI is InChI=1S/C26H27NO4/c1-25(2,3)27-24-20-16-22(28-4)23(29-5)17-21(20)26(31-24,18-12-8-6-9-13-18)30-19-14-10-7-11-15-19/h6-17H,1-5H3. The number of para-hydroxylation sites is 1. The lowest BCUT2D eigenvalue weighted by molar-refractivity contribution is -0.0851. The Morgan fingerprint density at radius 2 is 1.39 bits per heavy atom. The van der Waals surface area contributed by atoms with Crippen LogP contribution in [0.5, 0.6) is 17.2 Å². The summed E-state index contributed by atoms with van der Waals surface area (Å²) in [6.07, 6.45) is 0. The summed E-state index contributed by atoms with van der Waals surface area (Å²) in [5, 5.41) is 0. The molecule has 160 valence electrons. The van der Waals surface area contributed by atoms with Gasteiger partial charge in [-0.05, 0) is 45.0 Å². The average Bonchev–Trinajstić information content (AvgIpc) is 3.05.